The van der Waals surface area contributed by atoms with E-state index in [-0.39, 0.29) is 5.91 Å². The van der Waals surface area contributed by atoms with E-state index in [9.17, 15) is 9.90 Å². The van der Waals surface area contributed by atoms with Crippen LogP contribution in [0.3, 0.4) is 0 Å². The largest absolute Gasteiger partial charge is 0.481 e. The molecule has 0 bridgehead atoms. The van der Waals surface area contributed by atoms with Crippen molar-refractivity contribution in [1.29, 1.82) is 0 Å². The third kappa shape index (κ3) is 3.96. The maximum atomic E-state index is 11.7. The molecule has 2 unspecified atom stereocenters. The number of nitrogens with one attached hydrogen (secondary N) is 1. The topological polar surface area (TPSA) is 58.6 Å². The van der Waals surface area contributed by atoms with Crippen LogP contribution in [0.4, 0.5) is 0 Å². The van der Waals surface area contributed by atoms with Crippen LogP contribution in [0.15, 0.2) is 24.3 Å². The Hall–Kier alpha value is -1.55. The maximum absolute atomic E-state index is 11.7. The minimum Gasteiger partial charge on any atom is -0.481 e. The predicted octanol–water partition coefficient (Wildman–Crippen LogP) is 2.18. The molecule has 0 heterocycles. The fraction of sp³-hybridized carbons (Fsp3) is 0.533. The van der Waals surface area contributed by atoms with Crippen LogP contribution in [0.1, 0.15) is 44.8 Å². The van der Waals surface area contributed by atoms with Crippen molar-refractivity contribution in [2.75, 3.05) is 0 Å². The van der Waals surface area contributed by atoms with Gasteiger partial charge in [-0.3, -0.25) is 4.79 Å². The quantitative estimate of drug-likeness (QED) is 0.827. The van der Waals surface area contributed by atoms with Crippen LogP contribution in [-0.4, -0.2) is 23.2 Å². The van der Waals surface area contributed by atoms with Gasteiger partial charge in [0.25, 0.3) is 5.91 Å². The number of carbonyl (C=O) groups is 1. The number of hydrogen-bond donors (Lipinski definition) is 2. The molecule has 1 fully saturated rings. The fourth-order valence-electron chi connectivity index (χ4n) is 1.81. The number of rotatable bonds is 6. The van der Waals surface area contributed by atoms with Crippen molar-refractivity contribution < 1.29 is 14.6 Å². The van der Waals surface area contributed by atoms with Crippen LogP contribution in [0.2, 0.25) is 0 Å². The highest BCUT2D eigenvalue weighted by molar-refractivity contribution is 5.81. The standard InChI is InChI=1S/C15H21NO3/c1-3-14(17)11-4-8-13(9-5-11)19-10(2)15(18)16-12-6-7-12/h4-5,8-10,12,14,17H,3,6-7H2,1-2H3,(H,16,18). The molecule has 2 N–H and O–H groups in total. The second-order valence-electron chi connectivity index (χ2n) is 5.04. The highest BCUT2D eigenvalue weighted by Crippen LogP contribution is 2.21. The smallest absolute Gasteiger partial charge is 0.260 e. The summed E-state index contributed by atoms with van der Waals surface area (Å²) in [5.74, 6) is 0.575. The lowest BCUT2D eigenvalue weighted by Gasteiger charge is -2.15. The lowest BCUT2D eigenvalue weighted by molar-refractivity contribution is -0.127. The fourth-order valence-corrected chi connectivity index (χ4v) is 1.81. The third-order valence-corrected chi connectivity index (χ3v) is 3.26. The Labute approximate surface area is 113 Å². The van der Waals surface area contributed by atoms with Gasteiger partial charge in [-0.25, -0.2) is 0 Å². The highest BCUT2D eigenvalue weighted by Gasteiger charge is 2.26. The number of carbonyl (C=O) groups excluding carboxylic acids is 1. The molecule has 19 heavy (non-hydrogen) atoms. The van der Waals surface area contributed by atoms with Gasteiger partial charge in [0.05, 0.1) is 6.10 Å². The summed E-state index contributed by atoms with van der Waals surface area (Å²) in [5, 5.41) is 12.6. The first-order valence-electron chi connectivity index (χ1n) is 6.85. The molecule has 0 radical (unpaired) electrons. The first kappa shape index (κ1) is 13.9. The SMILES string of the molecule is CCC(O)c1ccc(OC(C)C(=O)NC2CC2)cc1. The van der Waals surface area contributed by atoms with E-state index < -0.39 is 12.2 Å². The lowest BCUT2D eigenvalue weighted by atomic mass is 10.1. The van der Waals surface area contributed by atoms with Crippen LogP contribution >= 0.6 is 0 Å². The summed E-state index contributed by atoms with van der Waals surface area (Å²) in [6, 6.07) is 7.58. The van der Waals surface area contributed by atoms with Gasteiger partial charge in [0.15, 0.2) is 6.10 Å². The number of benzene rings is 1. The maximum Gasteiger partial charge on any atom is 0.260 e. The van der Waals surface area contributed by atoms with Gasteiger partial charge in [0.2, 0.25) is 0 Å². The summed E-state index contributed by atoms with van der Waals surface area (Å²) in [4.78, 5) is 11.7. The minimum absolute atomic E-state index is 0.0693. The molecule has 0 spiro atoms. The van der Waals surface area contributed by atoms with Crippen molar-refractivity contribution in [3.63, 3.8) is 0 Å². The van der Waals surface area contributed by atoms with Gasteiger partial charge < -0.3 is 15.2 Å². The molecule has 4 heteroatoms. The molecule has 1 amide bonds. The van der Waals surface area contributed by atoms with Crippen LogP contribution in [0.5, 0.6) is 5.75 Å². The summed E-state index contributed by atoms with van der Waals surface area (Å²) >= 11 is 0. The molecular formula is C15H21NO3. The average molecular weight is 263 g/mol. The Morgan fingerprint density at radius 3 is 2.58 bits per heavy atom. The highest BCUT2D eigenvalue weighted by atomic mass is 16.5. The molecule has 2 atom stereocenters. The van der Waals surface area contributed by atoms with Crippen LogP contribution in [-0.2, 0) is 4.79 Å². The Balaban J connectivity index is 1.89. The Bertz CT molecular complexity index is 426. The third-order valence-electron chi connectivity index (χ3n) is 3.26. The summed E-state index contributed by atoms with van der Waals surface area (Å²) in [7, 11) is 0. The second kappa shape index (κ2) is 6.06. The molecule has 2 rings (SSSR count). The molecule has 1 aromatic rings. The first-order valence-corrected chi connectivity index (χ1v) is 6.85. The normalized spacial score (nSPS) is 17.6. The average Bonchev–Trinajstić information content (AvgIpc) is 3.22. The molecule has 0 saturated heterocycles. The molecule has 1 aromatic carbocycles. The lowest BCUT2D eigenvalue weighted by Crippen LogP contribution is -2.37. The zero-order chi connectivity index (χ0) is 13.8. The van der Waals surface area contributed by atoms with Crippen LogP contribution in [0, 0.1) is 0 Å². The van der Waals surface area contributed by atoms with Gasteiger partial charge in [0, 0.05) is 6.04 Å². The van der Waals surface area contributed by atoms with Crippen molar-refractivity contribution in [3.8, 4) is 5.75 Å². The summed E-state index contributed by atoms with van der Waals surface area (Å²) in [6.45, 7) is 3.67. The number of ether oxygens (including phenoxy) is 1. The monoisotopic (exact) mass is 263 g/mol. The summed E-state index contributed by atoms with van der Waals surface area (Å²) in [6.07, 6.45) is 1.89. The van der Waals surface area contributed by atoms with Gasteiger partial charge in [-0.05, 0) is 43.9 Å². The van der Waals surface area contributed by atoms with E-state index in [1.54, 1.807) is 19.1 Å². The van der Waals surface area contributed by atoms with Crippen molar-refractivity contribution >= 4 is 5.91 Å². The van der Waals surface area contributed by atoms with E-state index in [4.69, 9.17) is 4.74 Å². The number of aliphatic hydroxyl groups is 1. The second-order valence-corrected chi connectivity index (χ2v) is 5.04. The zero-order valence-corrected chi connectivity index (χ0v) is 11.4. The predicted molar refractivity (Wildman–Crippen MR) is 72.9 cm³/mol. The minimum atomic E-state index is -0.498. The molecule has 0 aliphatic heterocycles. The van der Waals surface area contributed by atoms with Crippen molar-refractivity contribution in [2.45, 2.75) is 51.4 Å². The first-order chi connectivity index (χ1) is 9.10. The van der Waals surface area contributed by atoms with Gasteiger partial charge in [-0.15, -0.1) is 0 Å². The molecule has 1 aliphatic carbocycles. The van der Waals surface area contributed by atoms with E-state index in [0.717, 1.165) is 18.4 Å². The van der Waals surface area contributed by atoms with Crippen LogP contribution < -0.4 is 10.1 Å². The molecule has 0 aromatic heterocycles. The summed E-state index contributed by atoms with van der Waals surface area (Å²) in [5.41, 5.74) is 0.866. The van der Waals surface area contributed by atoms with Gasteiger partial charge in [-0.2, -0.15) is 0 Å². The van der Waals surface area contributed by atoms with E-state index in [1.807, 2.05) is 19.1 Å². The van der Waals surface area contributed by atoms with Crippen molar-refractivity contribution in [1.82, 2.24) is 5.32 Å². The van der Waals surface area contributed by atoms with E-state index >= 15 is 0 Å². The van der Waals surface area contributed by atoms with Crippen molar-refractivity contribution in [2.24, 2.45) is 0 Å². The van der Waals surface area contributed by atoms with E-state index in [1.165, 1.54) is 0 Å². The molecule has 1 saturated carbocycles. The van der Waals surface area contributed by atoms with Gasteiger partial charge in [-0.1, -0.05) is 19.1 Å². The number of amides is 1. The Morgan fingerprint density at radius 1 is 1.42 bits per heavy atom. The Kier molecular flexibility index (Phi) is 4.43. The molecule has 1 aliphatic rings. The molecular weight excluding hydrogens is 242 g/mol. The molecule has 104 valence electrons. The zero-order valence-electron chi connectivity index (χ0n) is 11.4. The van der Waals surface area contributed by atoms with E-state index in [0.29, 0.717) is 18.2 Å². The Morgan fingerprint density at radius 2 is 2.05 bits per heavy atom. The number of hydrogen-bond acceptors (Lipinski definition) is 3. The van der Waals surface area contributed by atoms with Gasteiger partial charge in [0.1, 0.15) is 5.75 Å². The van der Waals surface area contributed by atoms with Gasteiger partial charge >= 0.3 is 0 Å². The van der Waals surface area contributed by atoms with Crippen LogP contribution in [0.25, 0.3) is 0 Å². The number of aliphatic hydroxyl groups excluding tert-OH is 1. The summed E-state index contributed by atoms with van der Waals surface area (Å²) < 4.78 is 5.58. The molecule has 4 nitrogen and oxygen atoms in total. The van der Waals surface area contributed by atoms with Crippen molar-refractivity contribution in [3.05, 3.63) is 29.8 Å². The van der Waals surface area contributed by atoms with E-state index in [2.05, 4.69) is 5.32 Å².